The van der Waals surface area contributed by atoms with Crippen molar-refractivity contribution < 1.29 is 5.11 Å². The number of rotatable bonds is 2. The van der Waals surface area contributed by atoms with Crippen LogP contribution in [0.15, 0.2) is 18.3 Å². The first-order valence-electron chi connectivity index (χ1n) is 5.41. The second-order valence-electron chi connectivity index (χ2n) is 4.81. The van der Waals surface area contributed by atoms with E-state index >= 15 is 0 Å². The van der Waals surface area contributed by atoms with E-state index in [0.29, 0.717) is 19.0 Å². The van der Waals surface area contributed by atoms with Gasteiger partial charge in [-0.1, -0.05) is 19.9 Å². The Hall–Kier alpha value is -1.09. The molecule has 1 N–H and O–H groups in total. The molecular formula is C12H18N2O. The molecule has 0 spiro atoms. The quantitative estimate of drug-likeness (QED) is 0.798. The molecule has 15 heavy (non-hydrogen) atoms. The van der Waals surface area contributed by atoms with Crippen LogP contribution in [0.5, 0.6) is 0 Å². The molecular weight excluding hydrogens is 188 g/mol. The molecule has 0 unspecified atom stereocenters. The normalized spacial score (nSPS) is 19.1. The van der Waals surface area contributed by atoms with E-state index in [9.17, 15) is 5.11 Å². The number of β-amino-alcohol motifs (C(OH)–C–C–N with tert-alkyl or cyclic N) is 1. The van der Waals surface area contributed by atoms with Crippen LogP contribution in [0.25, 0.3) is 0 Å². The van der Waals surface area contributed by atoms with Crippen LogP contribution in [0, 0.1) is 12.8 Å². The van der Waals surface area contributed by atoms with Crippen LogP contribution in [-0.4, -0.2) is 28.8 Å². The van der Waals surface area contributed by atoms with Crippen molar-refractivity contribution in [3.05, 3.63) is 23.9 Å². The predicted molar refractivity (Wildman–Crippen MR) is 61.0 cm³/mol. The zero-order chi connectivity index (χ0) is 11.1. The summed E-state index contributed by atoms with van der Waals surface area (Å²) in [6, 6.07) is 4.06. The Morgan fingerprint density at radius 3 is 2.53 bits per heavy atom. The fourth-order valence-electron chi connectivity index (χ4n) is 1.79. The fraction of sp³-hybridized carbons (Fsp3) is 0.583. The lowest BCUT2D eigenvalue weighted by atomic mass is 9.83. The van der Waals surface area contributed by atoms with Gasteiger partial charge in [-0.25, -0.2) is 4.98 Å². The molecule has 1 saturated heterocycles. The average molecular weight is 206 g/mol. The molecule has 1 fully saturated rings. The maximum Gasteiger partial charge on any atom is 0.128 e. The van der Waals surface area contributed by atoms with Gasteiger partial charge < -0.3 is 10.0 Å². The Labute approximate surface area is 90.8 Å². The summed E-state index contributed by atoms with van der Waals surface area (Å²) in [6.45, 7) is 7.53. The van der Waals surface area contributed by atoms with Gasteiger partial charge in [-0.2, -0.15) is 0 Å². The van der Waals surface area contributed by atoms with Crippen LogP contribution in [-0.2, 0) is 0 Å². The van der Waals surface area contributed by atoms with Crippen molar-refractivity contribution in [3.63, 3.8) is 0 Å². The van der Waals surface area contributed by atoms with Crippen molar-refractivity contribution in [2.45, 2.75) is 26.4 Å². The van der Waals surface area contributed by atoms with Gasteiger partial charge in [-0.15, -0.1) is 0 Å². The van der Waals surface area contributed by atoms with Crippen LogP contribution in [0.3, 0.4) is 0 Å². The lowest BCUT2D eigenvalue weighted by molar-refractivity contribution is -0.0304. The maximum absolute atomic E-state index is 10.1. The van der Waals surface area contributed by atoms with Gasteiger partial charge in [0.1, 0.15) is 11.4 Å². The number of aromatic nitrogens is 1. The third-order valence-corrected chi connectivity index (χ3v) is 3.22. The largest absolute Gasteiger partial charge is 0.386 e. The van der Waals surface area contributed by atoms with Crippen LogP contribution < -0.4 is 4.90 Å². The molecule has 0 amide bonds. The number of hydrogen-bond acceptors (Lipinski definition) is 3. The minimum atomic E-state index is -0.521. The molecule has 0 radical (unpaired) electrons. The summed E-state index contributed by atoms with van der Waals surface area (Å²) in [5, 5.41) is 10.1. The topological polar surface area (TPSA) is 36.4 Å². The fourth-order valence-corrected chi connectivity index (χ4v) is 1.79. The second-order valence-corrected chi connectivity index (χ2v) is 4.81. The monoisotopic (exact) mass is 206 g/mol. The molecule has 0 bridgehead atoms. The van der Waals surface area contributed by atoms with E-state index in [4.69, 9.17) is 0 Å². The Morgan fingerprint density at radius 2 is 2.07 bits per heavy atom. The summed E-state index contributed by atoms with van der Waals surface area (Å²) in [6.07, 6.45) is 1.86. The number of nitrogens with zero attached hydrogens (tertiary/aromatic N) is 2. The maximum atomic E-state index is 10.1. The molecule has 0 saturated carbocycles. The van der Waals surface area contributed by atoms with Crippen LogP contribution >= 0.6 is 0 Å². The minimum absolute atomic E-state index is 0.305. The first kappa shape index (κ1) is 10.4. The van der Waals surface area contributed by atoms with E-state index in [1.165, 1.54) is 5.56 Å². The molecule has 0 atom stereocenters. The molecule has 82 valence electrons. The van der Waals surface area contributed by atoms with Crippen LogP contribution in [0.4, 0.5) is 5.82 Å². The molecule has 1 aromatic rings. The molecule has 1 aliphatic rings. The predicted octanol–water partition coefficient (Wildman–Crippen LogP) is 1.60. The highest BCUT2D eigenvalue weighted by Gasteiger charge is 2.44. The molecule has 2 heterocycles. The van der Waals surface area contributed by atoms with E-state index in [1.807, 2.05) is 19.2 Å². The lowest BCUT2D eigenvalue weighted by Gasteiger charge is -2.49. The third-order valence-electron chi connectivity index (χ3n) is 3.22. The summed E-state index contributed by atoms with van der Waals surface area (Å²) in [5.74, 6) is 1.27. The Bertz CT molecular complexity index is 339. The molecule has 1 aromatic heterocycles. The number of pyridine rings is 1. The number of hydrogen-bond donors (Lipinski definition) is 1. The van der Waals surface area contributed by atoms with Gasteiger partial charge >= 0.3 is 0 Å². The van der Waals surface area contributed by atoms with E-state index in [0.717, 1.165) is 5.82 Å². The third kappa shape index (κ3) is 1.84. The van der Waals surface area contributed by atoms with Crippen molar-refractivity contribution in [1.29, 1.82) is 0 Å². The standard InChI is InChI=1S/C12H18N2O/c1-9(2)12(15)7-14(8-12)11-5-4-10(3)6-13-11/h4-6,9,15H,7-8H2,1-3H3. The van der Waals surface area contributed by atoms with Crippen molar-refractivity contribution in [3.8, 4) is 0 Å². The minimum Gasteiger partial charge on any atom is -0.386 e. The Balaban J connectivity index is 2.03. The zero-order valence-corrected chi connectivity index (χ0v) is 9.57. The molecule has 0 aromatic carbocycles. The molecule has 1 aliphatic heterocycles. The van der Waals surface area contributed by atoms with E-state index in [2.05, 4.69) is 29.8 Å². The van der Waals surface area contributed by atoms with E-state index in [1.54, 1.807) is 0 Å². The van der Waals surface area contributed by atoms with E-state index < -0.39 is 5.60 Å². The van der Waals surface area contributed by atoms with Gasteiger partial charge in [-0.05, 0) is 24.5 Å². The second kappa shape index (κ2) is 3.49. The van der Waals surface area contributed by atoms with Gasteiger partial charge in [-0.3, -0.25) is 0 Å². The zero-order valence-electron chi connectivity index (χ0n) is 9.57. The van der Waals surface area contributed by atoms with Crippen molar-refractivity contribution >= 4 is 5.82 Å². The average Bonchev–Trinajstić information content (AvgIpc) is 2.14. The highest BCUT2D eigenvalue weighted by molar-refractivity contribution is 5.44. The van der Waals surface area contributed by atoms with Gasteiger partial charge in [0, 0.05) is 6.20 Å². The van der Waals surface area contributed by atoms with Gasteiger partial charge in [0.05, 0.1) is 13.1 Å². The van der Waals surface area contributed by atoms with Gasteiger partial charge in [0.25, 0.3) is 0 Å². The first-order valence-corrected chi connectivity index (χ1v) is 5.41. The summed E-state index contributed by atoms with van der Waals surface area (Å²) in [5.41, 5.74) is 0.644. The number of aryl methyl sites for hydroxylation is 1. The molecule has 2 rings (SSSR count). The van der Waals surface area contributed by atoms with E-state index in [-0.39, 0.29) is 0 Å². The van der Waals surface area contributed by atoms with Crippen molar-refractivity contribution in [2.75, 3.05) is 18.0 Å². The molecule has 3 heteroatoms. The Kier molecular flexibility index (Phi) is 2.43. The highest BCUT2D eigenvalue weighted by atomic mass is 16.3. The van der Waals surface area contributed by atoms with Gasteiger partial charge in [0.2, 0.25) is 0 Å². The molecule has 0 aliphatic carbocycles. The van der Waals surface area contributed by atoms with Crippen LogP contribution in [0.1, 0.15) is 19.4 Å². The summed E-state index contributed by atoms with van der Waals surface area (Å²) < 4.78 is 0. The number of aliphatic hydroxyl groups is 1. The Morgan fingerprint density at radius 1 is 1.40 bits per heavy atom. The number of anilines is 1. The molecule has 3 nitrogen and oxygen atoms in total. The summed E-state index contributed by atoms with van der Waals surface area (Å²) >= 11 is 0. The summed E-state index contributed by atoms with van der Waals surface area (Å²) in [4.78, 5) is 6.45. The van der Waals surface area contributed by atoms with Gasteiger partial charge in [0.15, 0.2) is 0 Å². The SMILES string of the molecule is Cc1ccc(N2CC(O)(C(C)C)C2)nc1. The highest BCUT2D eigenvalue weighted by Crippen LogP contribution is 2.31. The van der Waals surface area contributed by atoms with Crippen LogP contribution in [0.2, 0.25) is 0 Å². The first-order chi connectivity index (χ1) is 7.01. The lowest BCUT2D eigenvalue weighted by Crippen LogP contribution is -2.65. The van der Waals surface area contributed by atoms with Crippen molar-refractivity contribution in [2.24, 2.45) is 5.92 Å². The smallest absolute Gasteiger partial charge is 0.128 e. The van der Waals surface area contributed by atoms with Crippen molar-refractivity contribution in [1.82, 2.24) is 4.98 Å². The summed E-state index contributed by atoms with van der Waals surface area (Å²) in [7, 11) is 0.